The predicted molar refractivity (Wildman–Crippen MR) is 79.9 cm³/mol. The SMILES string of the molecule is C=CCCCOC(=O)c1sc(-c2ccsc2)nc1C. The number of unbranched alkanes of at least 4 members (excludes halogenated alkanes) is 1. The molecule has 2 heterocycles. The van der Waals surface area contributed by atoms with Gasteiger partial charge in [-0.2, -0.15) is 11.3 Å². The van der Waals surface area contributed by atoms with Gasteiger partial charge in [-0.3, -0.25) is 0 Å². The van der Waals surface area contributed by atoms with Gasteiger partial charge in [-0.05, 0) is 31.2 Å². The van der Waals surface area contributed by atoms with E-state index >= 15 is 0 Å². The summed E-state index contributed by atoms with van der Waals surface area (Å²) >= 11 is 3.01. The van der Waals surface area contributed by atoms with Gasteiger partial charge >= 0.3 is 5.97 Å². The summed E-state index contributed by atoms with van der Waals surface area (Å²) in [5.74, 6) is -0.277. The number of allylic oxidation sites excluding steroid dienone is 1. The van der Waals surface area contributed by atoms with Crippen LogP contribution in [0.1, 0.15) is 28.2 Å². The number of hydrogen-bond donors (Lipinski definition) is 0. The zero-order valence-electron chi connectivity index (χ0n) is 10.7. The fourth-order valence-electron chi connectivity index (χ4n) is 1.55. The number of hydrogen-bond acceptors (Lipinski definition) is 5. The summed E-state index contributed by atoms with van der Waals surface area (Å²) in [7, 11) is 0. The number of aryl methyl sites for hydroxylation is 1. The van der Waals surface area contributed by atoms with E-state index in [1.807, 2.05) is 29.8 Å². The van der Waals surface area contributed by atoms with Gasteiger partial charge in [0, 0.05) is 10.9 Å². The molecule has 3 nitrogen and oxygen atoms in total. The number of ether oxygens (including phenoxy) is 1. The Kier molecular flexibility index (Phi) is 4.87. The standard InChI is InChI=1S/C14H15NO2S2/c1-3-4-5-7-17-14(16)12-10(2)15-13(19-12)11-6-8-18-9-11/h3,6,8-9H,1,4-5,7H2,2H3. The summed E-state index contributed by atoms with van der Waals surface area (Å²) in [5.41, 5.74) is 1.80. The molecule has 0 amide bonds. The summed E-state index contributed by atoms with van der Waals surface area (Å²) in [4.78, 5) is 17.0. The Labute approximate surface area is 120 Å². The van der Waals surface area contributed by atoms with E-state index in [0.717, 1.165) is 29.1 Å². The van der Waals surface area contributed by atoms with Gasteiger partial charge in [0.1, 0.15) is 9.88 Å². The second kappa shape index (κ2) is 6.63. The Morgan fingerprint density at radius 3 is 3.11 bits per heavy atom. The third-order valence-electron chi connectivity index (χ3n) is 2.54. The number of carbonyl (C=O) groups is 1. The van der Waals surface area contributed by atoms with Crippen LogP contribution >= 0.6 is 22.7 Å². The molecule has 0 bridgehead atoms. The molecular weight excluding hydrogens is 278 g/mol. The van der Waals surface area contributed by atoms with E-state index in [9.17, 15) is 4.79 Å². The maximum atomic E-state index is 11.9. The van der Waals surface area contributed by atoms with E-state index in [1.165, 1.54) is 11.3 Å². The normalized spacial score (nSPS) is 10.4. The fourth-order valence-corrected chi connectivity index (χ4v) is 3.23. The Bertz CT molecular complexity index is 558. The molecule has 5 heteroatoms. The smallest absolute Gasteiger partial charge is 0.350 e. The summed E-state index contributed by atoms with van der Waals surface area (Å²) in [6.45, 7) is 5.90. The van der Waals surface area contributed by atoms with Crippen molar-refractivity contribution in [1.29, 1.82) is 0 Å². The Hall–Kier alpha value is -1.46. The van der Waals surface area contributed by atoms with Gasteiger partial charge in [-0.25, -0.2) is 9.78 Å². The molecular formula is C14H15NO2S2. The Morgan fingerprint density at radius 2 is 2.42 bits per heavy atom. The van der Waals surface area contributed by atoms with E-state index in [0.29, 0.717) is 11.5 Å². The number of thiazole rings is 1. The molecule has 2 aromatic rings. The molecule has 0 aliphatic heterocycles. The van der Waals surface area contributed by atoms with Crippen molar-refractivity contribution >= 4 is 28.6 Å². The number of aromatic nitrogens is 1. The molecule has 19 heavy (non-hydrogen) atoms. The number of thiophene rings is 1. The Balaban J connectivity index is 2.04. The number of esters is 1. The van der Waals surface area contributed by atoms with Crippen molar-refractivity contribution in [2.75, 3.05) is 6.61 Å². The molecule has 0 radical (unpaired) electrons. The quantitative estimate of drug-likeness (QED) is 0.453. The molecule has 2 rings (SSSR count). The highest BCUT2D eigenvalue weighted by atomic mass is 32.1. The average molecular weight is 293 g/mol. The van der Waals surface area contributed by atoms with Crippen molar-refractivity contribution in [3.63, 3.8) is 0 Å². The third kappa shape index (κ3) is 3.52. The van der Waals surface area contributed by atoms with Gasteiger partial charge in [0.2, 0.25) is 0 Å². The van der Waals surface area contributed by atoms with E-state index in [1.54, 1.807) is 11.3 Å². The first kappa shape index (κ1) is 14.0. The molecule has 0 fully saturated rings. The van der Waals surface area contributed by atoms with Crippen molar-refractivity contribution < 1.29 is 9.53 Å². The molecule has 100 valence electrons. The molecule has 0 aliphatic rings. The molecule has 0 atom stereocenters. The van der Waals surface area contributed by atoms with Crippen LogP contribution in [0, 0.1) is 6.92 Å². The van der Waals surface area contributed by atoms with Gasteiger partial charge in [-0.1, -0.05) is 6.08 Å². The van der Waals surface area contributed by atoms with E-state index in [-0.39, 0.29) is 5.97 Å². The van der Waals surface area contributed by atoms with Crippen LogP contribution in [0.25, 0.3) is 10.6 Å². The summed E-state index contributed by atoms with van der Waals surface area (Å²) < 4.78 is 5.23. The van der Waals surface area contributed by atoms with Crippen LogP contribution in [0.3, 0.4) is 0 Å². The van der Waals surface area contributed by atoms with Gasteiger partial charge in [0.15, 0.2) is 0 Å². The lowest BCUT2D eigenvalue weighted by Crippen LogP contribution is -2.05. The molecule has 0 saturated carbocycles. The van der Waals surface area contributed by atoms with Crippen LogP contribution in [-0.4, -0.2) is 17.6 Å². The highest BCUT2D eigenvalue weighted by Crippen LogP contribution is 2.29. The van der Waals surface area contributed by atoms with Gasteiger partial charge in [0.25, 0.3) is 0 Å². The highest BCUT2D eigenvalue weighted by Gasteiger charge is 2.17. The highest BCUT2D eigenvalue weighted by molar-refractivity contribution is 7.17. The van der Waals surface area contributed by atoms with E-state index in [2.05, 4.69) is 11.6 Å². The zero-order chi connectivity index (χ0) is 13.7. The molecule has 0 N–H and O–H groups in total. The van der Waals surface area contributed by atoms with E-state index in [4.69, 9.17) is 4.74 Å². The van der Waals surface area contributed by atoms with Crippen molar-refractivity contribution in [3.8, 4) is 10.6 Å². The van der Waals surface area contributed by atoms with Crippen molar-refractivity contribution in [2.45, 2.75) is 19.8 Å². The minimum Gasteiger partial charge on any atom is -0.461 e. The lowest BCUT2D eigenvalue weighted by molar-refractivity contribution is 0.0506. The van der Waals surface area contributed by atoms with Crippen LogP contribution in [0.4, 0.5) is 0 Å². The molecule has 2 aromatic heterocycles. The maximum Gasteiger partial charge on any atom is 0.350 e. The Morgan fingerprint density at radius 1 is 1.58 bits per heavy atom. The first-order chi connectivity index (χ1) is 9.22. The predicted octanol–water partition coefficient (Wildman–Crippen LogP) is 4.30. The number of nitrogens with zero attached hydrogens (tertiary/aromatic N) is 1. The topological polar surface area (TPSA) is 39.2 Å². The second-order valence-corrected chi connectivity index (χ2v) is 5.79. The molecule has 0 aliphatic carbocycles. The minimum absolute atomic E-state index is 0.277. The van der Waals surface area contributed by atoms with Crippen LogP contribution in [-0.2, 0) is 4.74 Å². The van der Waals surface area contributed by atoms with E-state index < -0.39 is 0 Å². The van der Waals surface area contributed by atoms with Crippen LogP contribution in [0.15, 0.2) is 29.5 Å². The third-order valence-corrected chi connectivity index (χ3v) is 4.41. The maximum absolute atomic E-state index is 11.9. The van der Waals surface area contributed by atoms with Crippen molar-refractivity contribution in [3.05, 3.63) is 40.1 Å². The van der Waals surface area contributed by atoms with Crippen molar-refractivity contribution in [2.24, 2.45) is 0 Å². The summed E-state index contributed by atoms with van der Waals surface area (Å²) in [6, 6.07) is 2.00. The minimum atomic E-state index is -0.277. The fraction of sp³-hybridized carbons (Fsp3) is 0.286. The van der Waals surface area contributed by atoms with Gasteiger partial charge in [0.05, 0.1) is 12.3 Å². The first-order valence-corrected chi connectivity index (χ1v) is 7.76. The largest absolute Gasteiger partial charge is 0.461 e. The average Bonchev–Trinajstić information content (AvgIpc) is 3.03. The molecule has 0 spiro atoms. The van der Waals surface area contributed by atoms with Crippen LogP contribution < -0.4 is 0 Å². The zero-order valence-corrected chi connectivity index (χ0v) is 12.4. The number of rotatable bonds is 6. The number of carbonyl (C=O) groups excluding carboxylic acids is 1. The summed E-state index contributed by atoms with van der Waals surface area (Å²) in [5, 5.41) is 4.90. The second-order valence-electron chi connectivity index (χ2n) is 4.01. The monoisotopic (exact) mass is 293 g/mol. The molecule has 0 unspecified atom stereocenters. The summed E-state index contributed by atoms with van der Waals surface area (Å²) in [6.07, 6.45) is 3.49. The van der Waals surface area contributed by atoms with Crippen LogP contribution in [0.2, 0.25) is 0 Å². The molecule has 0 saturated heterocycles. The lowest BCUT2D eigenvalue weighted by Gasteiger charge is -2.01. The van der Waals surface area contributed by atoms with Gasteiger partial charge in [-0.15, -0.1) is 17.9 Å². The lowest BCUT2D eigenvalue weighted by atomic mass is 10.3. The van der Waals surface area contributed by atoms with Gasteiger partial charge < -0.3 is 4.74 Å². The van der Waals surface area contributed by atoms with Crippen molar-refractivity contribution in [1.82, 2.24) is 4.98 Å². The molecule has 0 aromatic carbocycles. The van der Waals surface area contributed by atoms with Crippen LogP contribution in [0.5, 0.6) is 0 Å². The first-order valence-electron chi connectivity index (χ1n) is 6.00.